The maximum atomic E-state index is 17.7. The molecule has 3 fully saturated rings. The molecule has 4 aliphatic carbocycles. The molecule has 0 radical (unpaired) electrons. The van der Waals surface area contributed by atoms with Gasteiger partial charge in [-0.15, -0.1) is 0 Å². The Morgan fingerprint density at radius 3 is 2.55 bits per heavy atom. The zero-order valence-electron chi connectivity index (χ0n) is 26.1. The van der Waals surface area contributed by atoms with Crippen LogP contribution in [-0.4, -0.2) is 64.4 Å². The quantitative estimate of drug-likeness (QED) is 0.176. The van der Waals surface area contributed by atoms with Crippen molar-refractivity contribution in [1.29, 1.82) is 0 Å². The number of carbonyl (C=O) groups excluding carboxylic acids is 3. The fourth-order valence-electron chi connectivity index (χ4n) is 8.99. The standard InChI is InChI=1S/C34H36F2N2O9/c1-19-15-23-24-17-26(35)25-16-21(39)10-11-31(25,2)33(24,36)28(40)18-32(23,3)34(19,47-29(41)27-5-4-13-46-27)30(42)37-12-14-45-22-8-6-20(7-9-22)38(43)44/h4-11,13,16,19,23-24,26,28,40H,12,14-15,17-18H2,1-3H3,(H,37,42)/t19-,23+,24+,26+,28+,31+,32+,33+,34+/m1/s1. The molecule has 2 N–H and O–H groups in total. The van der Waals surface area contributed by atoms with Crippen LogP contribution in [0.25, 0.3) is 0 Å². The van der Waals surface area contributed by atoms with Gasteiger partial charge in [0.15, 0.2) is 17.1 Å². The minimum absolute atomic E-state index is 0.0151. The Morgan fingerprint density at radius 2 is 1.89 bits per heavy atom. The molecule has 3 saturated carbocycles. The minimum atomic E-state index is -2.38. The molecule has 0 saturated heterocycles. The second-order valence-electron chi connectivity index (χ2n) is 13.5. The summed E-state index contributed by atoms with van der Waals surface area (Å²) >= 11 is 0. The lowest BCUT2D eigenvalue weighted by atomic mass is 9.44. The molecule has 13 heteroatoms. The molecule has 250 valence electrons. The van der Waals surface area contributed by atoms with Crippen molar-refractivity contribution in [3.8, 4) is 5.75 Å². The number of esters is 1. The monoisotopic (exact) mass is 654 g/mol. The molecule has 11 nitrogen and oxygen atoms in total. The van der Waals surface area contributed by atoms with E-state index in [9.17, 15) is 29.6 Å². The average Bonchev–Trinajstić information content (AvgIpc) is 3.64. The molecule has 2 aromatic rings. The summed E-state index contributed by atoms with van der Waals surface area (Å²) in [5, 5.41) is 25.5. The van der Waals surface area contributed by atoms with Crippen LogP contribution in [0.5, 0.6) is 5.75 Å². The van der Waals surface area contributed by atoms with Crippen LogP contribution in [0.3, 0.4) is 0 Å². The van der Waals surface area contributed by atoms with E-state index in [1.807, 2.05) is 0 Å². The number of non-ortho nitro benzene ring substituents is 1. The fraction of sp³-hybridized carbons (Fsp3) is 0.500. The van der Waals surface area contributed by atoms with E-state index in [1.54, 1.807) is 13.8 Å². The van der Waals surface area contributed by atoms with Gasteiger partial charge >= 0.3 is 5.97 Å². The van der Waals surface area contributed by atoms with Gasteiger partial charge in [-0.1, -0.05) is 19.9 Å². The largest absolute Gasteiger partial charge is 0.492 e. The number of hydrogen-bond acceptors (Lipinski definition) is 9. The number of rotatable bonds is 8. The number of ketones is 1. The number of nitrogens with zero attached hydrogens (tertiary/aromatic N) is 1. The molecular formula is C34H36F2N2O9. The van der Waals surface area contributed by atoms with Crippen molar-refractivity contribution in [2.24, 2.45) is 28.6 Å². The summed E-state index contributed by atoms with van der Waals surface area (Å²) < 4.78 is 50.6. The van der Waals surface area contributed by atoms with Crippen LogP contribution < -0.4 is 10.1 Å². The van der Waals surface area contributed by atoms with Gasteiger partial charge in [0.05, 0.1) is 23.8 Å². The third-order valence-electron chi connectivity index (χ3n) is 11.2. The first kappa shape index (κ1) is 32.5. The van der Waals surface area contributed by atoms with E-state index >= 15 is 8.78 Å². The first-order chi connectivity index (χ1) is 22.2. The number of allylic oxidation sites excluding steroid dienone is 4. The number of carbonyl (C=O) groups is 3. The zero-order chi connectivity index (χ0) is 33.9. The van der Waals surface area contributed by atoms with Crippen LogP contribution in [-0.2, 0) is 14.3 Å². The molecule has 1 amide bonds. The molecule has 0 spiro atoms. The number of nitro benzene ring substituents is 1. The average molecular weight is 655 g/mol. The first-order valence-corrected chi connectivity index (χ1v) is 15.6. The number of amides is 1. The van der Waals surface area contributed by atoms with Crippen molar-refractivity contribution in [2.75, 3.05) is 13.2 Å². The minimum Gasteiger partial charge on any atom is -0.492 e. The number of fused-ring (bicyclic) bond motifs is 5. The van der Waals surface area contributed by atoms with Gasteiger partial charge in [0, 0.05) is 34.8 Å². The maximum absolute atomic E-state index is 17.7. The number of halogens is 2. The van der Waals surface area contributed by atoms with E-state index in [0.29, 0.717) is 5.75 Å². The van der Waals surface area contributed by atoms with E-state index in [2.05, 4.69) is 5.32 Å². The maximum Gasteiger partial charge on any atom is 0.375 e. The lowest BCUT2D eigenvalue weighted by Crippen LogP contribution is -2.71. The summed E-state index contributed by atoms with van der Waals surface area (Å²) in [5.41, 5.74) is -7.40. The molecule has 6 rings (SSSR count). The highest BCUT2D eigenvalue weighted by Gasteiger charge is 2.78. The summed E-state index contributed by atoms with van der Waals surface area (Å²) in [7, 11) is 0. The summed E-state index contributed by atoms with van der Waals surface area (Å²) in [6, 6.07) is 8.28. The Kier molecular flexibility index (Phi) is 7.89. The van der Waals surface area contributed by atoms with Crippen molar-refractivity contribution in [1.82, 2.24) is 5.32 Å². The lowest BCUT2D eigenvalue weighted by molar-refractivity contribution is -0.384. The molecule has 1 aromatic carbocycles. The van der Waals surface area contributed by atoms with Gasteiger partial charge in [0.25, 0.3) is 11.6 Å². The zero-order valence-corrected chi connectivity index (χ0v) is 26.1. The highest BCUT2D eigenvalue weighted by molar-refractivity contribution is 6.01. The molecular weight excluding hydrogens is 618 g/mol. The molecule has 0 bridgehead atoms. The number of nitro groups is 1. The van der Waals surface area contributed by atoms with E-state index in [0.717, 1.165) is 6.08 Å². The third kappa shape index (κ3) is 4.72. The lowest BCUT2D eigenvalue weighted by Gasteiger charge is -2.63. The molecule has 9 atom stereocenters. The predicted octanol–water partition coefficient (Wildman–Crippen LogP) is 4.84. The van der Waals surface area contributed by atoms with Crippen molar-refractivity contribution in [3.63, 3.8) is 0 Å². The summed E-state index contributed by atoms with van der Waals surface area (Å²) in [6.45, 7) is 4.78. The number of benzene rings is 1. The number of aliphatic hydroxyl groups excluding tert-OH is 1. The van der Waals surface area contributed by atoms with Gasteiger partial charge in [-0.25, -0.2) is 13.6 Å². The number of furan rings is 1. The van der Waals surface area contributed by atoms with Crippen LogP contribution >= 0.6 is 0 Å². The highest BCUT2D eigenvalue weighted by atomic mass is 19.1. The highest BCUT2D eigenvalue weighted by Crippen LogP contribution is 2.71. The van der Waals surface area contributed by atoms with E-state index in [1.165, 1.54) is 61.7 Å². The molecule has 0 aliphatic heterocycles. The summed E-state index contributed by atoms with van der Waals surface area (Å²) in [4.78, 5) is 50.4. The predicted molar refractivity (Wildman–Crippen MR) is 162 cm³/mol. The second-order valence-corrected chi connectivity index (χ2v) is 13.5. The normalized spacial score (nSPS) is 37.2. The Labute approximate surface area is 269 Å². The van der Waals surface area contributed by atoms with Gasteiger partial charge in [-0.3, -0.25) is 19.7 Å². The van der Waals surface area contributed by atoms with E-state index < -0.39 is 74.7 Å². The van der Waals surface area contributed by atoms with Crippen molar-refractivity contribution in [3.05, 3.63) is 82.3 Å². The SMILES string of the molecule is C[C@@H]1C[C@H]2[C@@H]3C[C@H](F)C4=CC(=O)C=C[C@]4(C)[C@@]3(F)[C@@H](O)C[C@]2(C)[C@@]1(OC(=O)c1ccco1)C(=O)NCCOc1ccc([N+](=O)[O-])cc1. The number of aliphatic hydroxyl groups is 1. The molecule has 47 heavy (non-hydrogen) atoms. The molecule has 4 aliphatic rings. The van der Waals surface area contributed by atoms with Crippen LogP contribution in [0.4, 0.5) is 14.5 Å². The van der Waals surface area contributed by atoms with Crippen LogP contribution in [0.15, 0.2) is 70.9 Å². The molecule has 1 heterocycles. The van der Waals surface area contributed by atoms with Gasteiger partial charge in [-0.2, -0.15) is 0 Å². The third-order valence-corrected chi connectivity index (χ3v) is 11.2. The smallest absolute Gasteiger partial charge is 0.375 e. The topological polar surface area (TPSA) is 158 Å². The van der Waals surface area contributed by atoms with Gasteiger partial charge in [0.2, 0.25) is 5.76 Å². The van der Waals surface area contributed by atoms with Gasteiger partial charge in [-0.05, 0) is 74.1 Å². The van der Waals surface area contributed by atoms with Crippen LogP contribution in [0.1, 0.15) is 50.6 Å². The van der Waals surface area contributed by atoms with Crippen LogP contribution in [0, 0.1) is 38.7 Å². The Hall–Kier alpha value is -4.39. The number of ether oxygens (including phenoxy) is 2. The van der Waals surface area contributed by atoms with Gasteiger partial charge in [0.1, 0.15) is 18.5 Å². The Balaban J connectivity index is 1.32. The van der Waals surface area contributed by atoms with Gasteiger partial charge < -0.3 is 24.3 Å². The fourth-order valence-corrected chi connectivity index (χ4v) is 8.99. The van der Waals surface area contributed by atoms with Crippen LogP contribution in [0.2, 0.25) is 0 Å². The first-order valence-electron chi connectivity index (χ1n) is 15.6. The summed E-state index contributed by atoms with van der Waals surface area (Å²) in [5.74, 6) is -4.39. The van der Waals surface area contributed by atoms with Crippen molar-refractivity contribution >= 4 is 23.3 Å². The number of alkyl halides is 2. The van der Waals surface area contributed by atoms with Crippen molar-refractivity contribution in [2.45, 2.75) is 63.6 Å². The molecule has 0 unspecified atom stereocenters. The van der Waals surface area contributed by atoms with E-state index in [-0.39, 0.29) is 49.4 Å². The summed E-state index contributed by atoms with van der Waals surface area (Å²) in [6.07, 6.45) is 1.11. The van der Waals surface area contributed by atoms with Crippen molar-refractivity contribution < 1.29 is 47.1 Å². The Bertz CT molecular complexity index is 1660. The number of hydrogen-bond donors (Lipinski definition) is 2. The second kappa shape index (κ2) is 11.4. The number of nitrogens with one attached hydrogen (secondary N) is 1. The van der Waals surface area contributed by atoms with E-state index in [4.69, 9.17) is 13.9 Å². The molecule has 1 aromatic heterocycles. The Morgan fingerprint density at radius 1 is 1.17 bits per heavy atom.